The predicted molar refractivity (Wildman–Crippen MR) is 59.6 cm³/mol. The Bertz CT molecular complexity index is 745. The first-order valence-corrected chi connectivity index (χ1v) is 6.25. The summed E-state index contributed by atoms with van der Waals surface area (Å²) in [7, 11) is -4.19. The third-order valence-electron chi connectivity index (χ3n) is 2.20. The van der Waals surface area contributed by atoms with Crippen molar-refractivity contribution in [3.63, 3.8) is 0 Å². The third kappa shape index (κ3) is 1.97. The molecule has 1 aromatic carbocycles. The lowest BCUT2D eigenvalue weighted by molar-refractivity contribution is 0.577. The molecule has 1 aromatic heterocycles. The maximum Gasteiger partial charge on any atom is 0.257 e. The Balaban J connectivity index is 2.80. The summed E-state index contributed by atoms with van der Waals surface area (Å²) >= 11 is 0. The van der Waals surface area contributed by atoms with Gasteiger partial charge in [0, 0.05) is 0 Å². The van der Waals surface area contributed by atoms with Crippen molar-refractivity contribution < 1.29 is 12.8 Å². The monoisotopic (exact) mass is 266 g/mol. The maximum atomic E-state index is 13.6. The summed E-state index contributed by atoms with van der Waals surface area (Å²) in [5.41, 5.74) is -0.330. The van der Waals surface area contributed by atoms with Gasteiger partial charge >= 0.3 is 0 Å². The molecule has 0 fully saturated rings. The molecule has 0 spiro atoms. The number of hydrogen-bond donors (Lipinski definition) is 1. The Kier molecular flexibility index (Phi) is 2.86. The lowest BCUT2D eigenvalue weighted by atomic mass is 10.3. The van der Waals surface area contributed by atoms with Crippen LogP contribution in [0.1, 0.15) is 5.56 Å². The molecule has 0 aliphatic heterocycles. The highest BCUT2D eigenvalue weighted by Gasteiger charge is 2.23. The van der Waals surface area contributed by atoms with E-state index in [-0.39, 0.29) is 11.3 Å². The summed E-state index contributed by atoms with van der Waals surface area (Å²) in [5, 5.41) is 16.9. The number of nitrogens with zero attached hydrogens (tertiary/aromatic N) is 3. The minimum atomic E-state index is -4.19. The molecular weight excluding hydrogens is 259 g/mol. The molecule has 0 unspecified atom stereocenters. The second-order valence-corrected chi connectivity index (χ2v) is 4.86. The summed E-state index contributed by atoms with van der Waals surface area (Å²) in [4.78, 5) is 0. The quantitative estimate of drug-likeness (QED) is 0.856. The first kappa shape index (κ1) is 12.2. The van der Waals surface area contributed by atoms with Crippen LogP contribution in [0.5, 0.6) is 0 Å². The van der Waals surface area contributed by atoms with Crippen molar-refractivity contribution in [3.05, 3.63) is 41.8 Å². The summed E-state index contributed by atoms with van der Waals surface area (Å²) in [6.07, 6.45) is 1.02. The molecule has 2 N–H and O–H groups in total. The molecule has 2 rings (SSSR count). The average Bonchev–Trinajstić information content (AvgIpc) is 2.73. The van der Waals surface area contributed by atoms with Crippen molar-refractivity contribution in [1.82, 2.24) is 9.78 Å². The van der Waals surface area contributed by atoms with Crippen molar-refractivity contribution in [2.75, 3.05) is 0 Å². The van der Waals surface area contributed by atoms with Crippen LogP contribution in [-0.2, 0) is 10.0 Å². The normalized spacial score (nSPS) is 11.2. The molecule has 0 atom stereocenters. The molecule has 0 radical (unpaired) electrons. The first-order valence-electron chi connectivity index (χ1n) is 4.71. The van der Waals surface area contributed by atoms with E-state index >= 15 is 0 Å². The standard InChI is InChI=1S/C10H7FN4O2S/c11-8-3-1-2-4-9(8)15-10(18(13,16)17)7(5-12)6-14-15/h1-4,6H,(H2,13,16,17). The number of nitrogens with two attached hydrogens (primary N) is 1. The highest BCUT2D eigenvalue weighted by molar-refractivity contribution is 7.89. The zero-order valence-electron chi connectivity index (χ0n) is 8.91. The van der Waals surface area contributed by atoms with Crippen LogP contribution >= 0.6 is 0 Å². The Morgan fingerprint density at radius 3 is 2.61 bits per heavy atom. The van der Waals surface area contributed by atoms with Crippen LogP contribution in [0.3, 0.4) is 0 Å². The fraction of sp³-hybridized carbons (Fsp3) is 0. The molecule has 8 heteroatoms. The summed E-state index contributed by atoms with van der Waals surface area (Å²) < 4.78 is 37.2. The van der Waals surface area contributed by atoms with Gasteiger partial charge in [0.2, 0.25) is 0 Å². The van der Waals surface area contributed by atoms with Gasteiger partial charge in [0.25, 0.3) is 10.0 Å². The predicted octanol–water partition coefficient (Wildman–Crippen LogP) is 0.530. The molecular formula is C10H7FN4O2S. The van der Waals surface area contributed by atoms with Crippen LogP contribution < -0.4 is 5.14 Å². The van der Waals surface area contributed by atoms with Crippen molar-refractivity contribution in [2.45, 2.75) is 5.03 Å². The fourth-order valence-electron chi connectivity index (χ4n) is 1.48. The minimum absolute atomic E-state index is 0.0944. The molecule has 0 saturated carbocycles. The minimum Gasteiger partial charge on any atom is -0.223 e. The third-order valence-corrected chi connectivity index (χ3v) is 3.13. The van der Waals surface area contributed by atoms with Crippen LogP contribution in [0, 0.1) is 17.1 Å². The van der Waals surface area contributed by atoms with Crippen molar-refractivity contribution in [1.29, 1.82) is 5.26 Å². The number of halogens is 1. The van der Waals surface area contributed by atoms with E-state index in [1.54, 1.807) is 6.07 Å². The SMILES string of the molecule is N#Cc1cnn(-c2ccccc2F)c1S(N)(=O)=O. The Morgan fingerprint density at radius 2 is 2.06 bits per heavy atom. The van der Waals surface area contributed by atoms with Gasteiger partial charge in [-0.05, 0) is 12.1 Å². The topological polar surface area (TPSA) is 102 Å². The molecule has 0 amide bonds. The number of hydrogen-bond acceptors (Lipinski definition) is 4. The van der Waals surface area contributed by atoms with Crippen LogP contribution in [0.4, 0.5) is 4.39 Å². The number of rotatable bonds is 2. The van der Waals surface area contributed by atoms with Gasteiger partial charge in [-0.25, -0.2) is 22.6 Å². The molecule has 0 aliphatic rings. The largest absolute Gasteiger partial charge is 0.257 e. The lowest BCUT2D eigenvalue weighted by Gasteiger charge is -2.06. The van der Waals surface area contributed by atoms with Gasteiger partial charge in [-0.2, -0.15) is 10.4 Å². The van der Waals surface area contributed by atoms with Gasteiger partial charge in [0.05, 0.1) is 6.20 Å². The summed E-state index contributed by atoms with van der Waals surface area (Å²) in [6.45, 7) is 0. The number of nitriles is 1. The Morgan fingerprint density at radius 1 is 1.39 bits per heavy atom. The first-order chi connectivity index (χ1) is 8.45. The average molecular weight is 266 g/mol. The van der Waals surface area contributed by atoms with Crippen LogP contribution in [-0.4, -0.2) is 18.2 Å². The van der Waals surface area contributed by atoms with E-state index < -0.39 is 20.9 Å². The van der Waals surface area contributed by atoms with Crippen LogP contribution in [0.15, 0.2) is 35.5 Å². The van der Waals surface area contributed by atoms with Gasteiger partial charge in [-0.15, -0.1) is 0 Å². The van der Waals surface area contributed by atoms with Crippen LogP contribution in [0.2, 0.25) is 0 Å². The van der Waals surface area contributed by atoms with E-state index in [0.29, 0.717) is 0 Å². The van der Waals surface area contributed by atoms with E-state index in [4.69, 9.17) is 10.4 Å². The van der Waals surface area contributed by atoms with Gasteiger partial charge in [-0.3, -0.25) is 0 Å². The smallest absolute Gasteiger partial charge is 0.223 e. The van der Waals surface area contributed by atoms with E-state index in [0.717, 1.165) is 16.9 Å². The zero-order valence-corrected chi connectivity index (χ0v) is 9.72. The molecule has 18 heavy (non-hydrogen) atoms. The highest BCUT2D eigenvalue weighted by Crippen LogP contribution is 2.20. The molecule has 2 aromatic rings. The number of primary sulfonamides is 1. The van der Waals surface area contributed by atoms with Gasteiger partial charge < -0.3 is 0 Å². The Labute approximate surface area is 102 Å². The summed E-state index contributed by atoms with van der Waals surface area (Å²) in [6, 6.07) is 7.09. The van der Waals surface area contributed by atoms with Crippen molar-refractivity contribution >= 4 is 10.0 Å². The summed E-state index contributed by atoms with van der Waals surface area (Å²) in [5.74, 6) is -0.671. The van der Waals surface area contributed by atoms with E-state index in [1.807, 2.05) is 0 Å². The zero-order chi connectivity index (χ0) is 13.3. The van der Waals surface area contributed by atoms with Crippen molar-refractivity contribution in [3.8, 4) is 11.8 Å². The van der Waals surface area contributed by atoms with E-state index in [1.165, 1.54) is 18.2 Å². The van der Waals surface area contributed by atoms with E-state index in [9.17, 15) is 12.8 Å². The second kappa shape index (κ2) is 4.21. The maximum absolute atomic E-state index is 13.6. The second-order valence-electron chi connectivity index (χ2n) is 3.38. The number of benzene rings is 1. The number of para-hydroxylation sites is 1. The fourth-order valence-corrected chi connectivity index (χ4v) is 2.27. The van der Waals surface area contributed by atoms with Crippen molar-refractivity contribution in [2.24, 2.45) is 5.14 Å². The van der Waals surface area contributed by atoms with Crippen LogP contribution in [0.25, 0.3) is 5.69 Å². The molecule has 92 valence electrons. The van der Waals surface area contributed by atoms with Gasteiger partial charge in [0.15, 0.2) is 5.03 Å². The van der Waals surface area contributed by atoms with Gasteiger partial charge in [-0.1, -0.05) is 12.1 Å². The van der Waals surface area contributed by atoms with E-state index in [2.05, 4.69) is 5.10 Å². The number of aromatic nitrogens is 2. The molecule has 0 saturated heterocycles. The number of sulfonamides is 1. The molecule has 0 aliphatic carbocycles. The van der Waals surface area contributed by atoms with Gasteiger partial charge in [0.1, 0.15) is 23.1 Å². The molecule has 1 heterocycles. The molecule has 0 bridgehead atoms. The lowest BCUT2D eigenvalue weighted by Crippen LogP contribution is -2.18. The highest BCUT2D eigenvalue weighted by atomic mass is 32.2. The molecule has 6 nitrogen and oxygen atoms in total. The Hall–Kier alpha value is -2.24.